The molecule has 1 unspecified atom stereocenters. The summed E-state index contributed by atoms with van der Waals surface area (Å²) in [4.78, 5) is 11.8. The summed E-state index contributed by atoms with van der Waals surface area (Å²) in [6.45, 7) is 6.38. The van der Waals surface area contributed by atoms with E-state index in [1.807, 2.05) is 45.2 Å². The number of amides is 1. The van der Waals surface area contributed by atoms with Gasteiger partial charge in [-0.1, -0.05) is 18.2 Å². The highest BCUT2D eigenvalue weighted by atomic mass is 32.2. The second-order valence-corrected chi connectivity index (χ2v) is 5.91. The molecule has 0 saturated carbocycles. The van der Waals surface area contributed by atoms with Gasteiger partial charge < -0.3 is 15.8 Å². The van der Waals surface area contributed by atoms with E-state index in [4.69, 9.17) is 10.5 Å². The number of carbonyl (C=O) groups excluding carboxylic acids is 1. The molecule has 20 heavy (non-hydrogen) atoms. The number of thioether (sulfide) groups is 1. The van der Waals surface area contributed by atoms with Crippen molar-refractivity contribution in [2.24, 2.45) is 5.73 Å². The number of nitrogens with two attached hydrogens (primary N) is 1. The van der Waals surface area contributed by atoms with Crippen LogP contribution in [-0.2, 0) is 4.79 Å². The first kappa shape index (κ1) is 16.9. The van der Waals surface area contributed by atoms with E-state index in [1.165, 1.54) is 0 Å². The average molecular weight is 296 g/mol. The zero-order valence-corrected chi connectivity index (χ0v) is 13.4. The number of hydrogen-bond donors (Lipinski definition) is 2. The molecule has 0 fully saturated rings. The maximum absolute atomic E-state index is 11.8. The Kier molecular flexibility index (Phi) is 6.88. The predicted molar refractivity (Wildman–Crippen MR) is 85.4 cm³/mol. The molecule has 1 aromatic rings. The topological polar surface area (TPSA) is 64.4 Å². The van der Waals surface area contributed by atoms with Crippen LogP contribution in [0.3, 0.4) is 0 Å². The van der Waals surface area contributed by atoms with E-state index in [-0.39, 0.29) is 11.9 Å². The highest BCUT2D eigenvalue weighted by molar-refractivity contribution is 7.98. The number of rotatable bonds is 7. The third-order valence-electron chi connectivity index (χ3n) is 2.96. The SMILES string of the molecule is CSC[C@H](N)C(=O)NC(C)COc1c(C)cccc1C. The summed E-state index contributed by atoms with van der Waals surface area (Å²) >= 11 is 1.56. The normalized spacial score (nSPS) is 13.7. The van der Waals surface area contributed by atoms with E-state index in [0.29, 0.717) is 12.4 Å². The smallest absolute Gasteiger partial charge is 0.238 e. The first-order valence-corrected chi connectivity index (χ1v) is 8.09. The molecule has 0 spiro atoms. The minimum atomic E-state index is -0.465. The van der Waals surface area contributed by atoms with Gasteiger partial charge in [0, 0.05) is 5.75 Å². The standard InChI is InChI=1S/C15H24N2O2S/c1-10-6-5-7-11(2)14(10)19-8-12(3)17-15(18)13(16)9-20-4/h5-7,12-13H,8-9,16H2,1-4H3,(H,17,18)/t12?,13-/m0/s1. The molecule has 0 aliphatic rings. The Morgan fingerprint density at radius 2 is 2.00 bits per heavy atom. The van der Waals surface area contributed by atoms with Gasteiger partial charge in [-0.2, -0.15) is 11.8 Å². The van der Waals surface area contributed by atoms with Crippen LogP contribution in [0.5, 0.6) is 5.75 Å². The minimum absolute atomic E-state index is 0.0746. The highest BCUT2D eigenvalue weighted by Crippen LogP contribution is 2.22. The molecule has 0 heterocycles. The zero-order valence-electron chi connectivity index (χ0n) is 12.6. The lowest BCUT2D eigenvalue weighted by molar-refractivity contribution is -0.122. The summed E-state index contributed by atoms with van der Waals surface area (Å²) < 4.78 is 5.81. The van der Waals surface area contributed by atoms with Crippen LogP contribution in [0.4, 0.5) is 0 Å². The molecular weight excluding hydrogens is 272 g/mol. The highest BCUT2D eigenvalue weighted by Gasteiger charge is 2.15. The fourth-order valence-corrected chi connectivity index (χ4v) is 2.39. The Hall–Kier alpha value is -1.20. The second kappa shape index (κ2) is 8.17. The Morgan fingerprint density at radius 1 is 1.40 bits per heavy atom. The summed E-state index contributed by atoms with van der Waals surface area (Å²) in [5.41, 5.74) is 7.96. The van der Waals surface area contributed by atoms with E-state index in [0.717, 1.165) is 16.9 Å². The van der Waals surface area contributed by atoms with Crippen molar-refractivity contribution in [1.82, 2.24) is 5.32 Å². The van der Waals surface area contributed by atoms with Crippen LogP contribution in [0.1, 0.15) is 18.1 Å². The van der Waals surface area contributed by atoms with Crippen molar-refractivity contribution in [2.45, 2.75) is 32.9 Å². The van der Waals surface area contributed by atoms with Crippen LogP contribution < -0.4 is 15.8 Å². The lowest BCUT2D eigenvalue weighted by Crippen LogP contribution is -2.47. The lowest BCUT2D eigenvalue weighted by Gasteiger charge is -2.19. The first-order chi connectivity index (χ1) is 9.45. The Labute approximate surface area is 125 Å². The van der Waals surface area contributed by atoms with E-state index in [1.54, 1.807) is 11.8 Å². The molecule has 4 nitrogen and oxygen atoms in total. The largest absolute Gasteiger partial charge is 0.491 e. The zero-order chi connectivity index (χ0) is 15.1. The molecule has 0 bridgehead atoms. The minimum Gasteiger partial charge on any atom is -0.491 e. The summed E-state index contributed by atoms with van der Waals surface area (Å²) in [6.07, 6.45) is 1.93. The molecule has 0 aliphatic carbocycles. The van der Waals surface area contributed by atoms with Crippen molar-refractivity contribution in [2.75, 3.05) is 18.6 Å². The molecule has 112 valence electrons. The van der Waals surface area contributed by atoms with Gasteiger partial charge in [-0.25, -0.2) is 0 Å². The van der Waals surface area contributed by atoms with Crippen molar-refractivity contribution in [1.29, 1.82) is 0 Å². The van der Waals surface area contributed by atoms with Crippen LogP contribution >= 0.6 is 11.8 Å². The van der Waals surface area contributed by atoms with Gasteiger partial charge >= 0.3 is 0 Å². The van der Waals surface area contributed by atoms with Gasteiger partial charge in [0.25, 0.3) is 0 Å². The van der Waals surface area contributed by atoms with Crippen LogP contribution in [0.15, 0.2) is 18.2 Å². The molecule has 0 aliphatic heterocycles. The monoisotopic (exact) mass is 296 g/mol. The predicted octanol–water partition coefficient (Wildman–Crippen LogP) is 1.88. The van der Waals surface area contributed by atoms with Gasteiger partial charge in [0.15, 0.2) is 0 Å². The summed E-state index contributed by atoms with van der Waals surface area (Å²) in [5, 5.41) is 2.87. The number of benzene rings is 1. The van der Waals surface area contributed by atoms with Crippen molar-refractivity contribution in [3.05, 3.63) is 29.3 Å². The van der Waals surface area contributed by atoms with Gasteiger partial charge in [0.05, 0.1) is 12.1 Å². The van der Waals surface area contributed by atoms with Gasteiger partial charge in [0.2, 0.25) is 5.91 Å². The van der Waals surface area contributed by atoms with Crippen LogP contribution in [0, 0.1) is 13.8 Å². The fourth-order valence-electron chi connectivity index (χ4n) is 1.88. The van der Waals surface area contributed by atoms with Gasteiger partial charge in [-0.15, -0.1) is 0 Å². The average Bonchev–Trinajstić information content (AvgIpc) is 2.38. The Balaban J connectivity index is 2.47. The van der Waals surface area contributed by atoms with E-state index < -0.39 is 6.04 Å². The molecule has 1 rings (SSSR count). The van der Waals surface area contributed by atoms with Crippen molar-refractivity contribution < 1.29 is 9.53 Å². The van der Waals surface area contributed by atoms with E-state index >= 15 is 0 Å². The Bertz CT molecular complexity index is 431. The maximum atomic E-state index is 11.8. The third-order valence-corrected chi connectivity index (χ3v) is 3.65. The summed E-state index contributed by atoms with van der Waals surface area (Å²) in [5.74, 6) is 1.38. The van der Waals surface area contributed by atoms with Crippen molar-refractivity contribution >= 4 is 17.7 Å². The number of hydrogen-bond acceptors (Lipinski definition) is 4. The first-order valence-electron chi connectivity index (χ1n) is 6.69. The molecule has 0 aromatic heterocycles. The van der Waals surface area contributed by atoms with Crippen LogP contribution in [0.25, 0.3) is 0 Å². The molecule has 5 heteroatoms. The molecular formula is C15H24N2O2S. The number of aryl methyl sites for hydroxylation is 2. The second-order valence-electron chi connectivity index (χ2n) is 5.00. The number of carbonyl (C=O) groups is 1. The third kappa shape index (κ3) is 5.06. The van der Waals surface area contributed by atoms with Crippen LogP contribution in [-0.4, -0.2) is 36.6 Å². The fraction of sp³-hybridized carbons (Fsp3) is 0.533. The molecule has 1 aromatic carbocycles. The molecule has 3 N–H and O–H groups in total. The summed E-state index contributed by atoms with van der Waals surface area (Å²) in [7, 11) is 0. The van der Waals surface area contributed by atoms with Crippen molar-refractivity contribution in [3.63, 3.8) is 0 Å². The molecule has 0 saturated heterocycles. The lowest BCUT2D eigenvalue weighted by atomic mass is 10.1. The van der Waals surface area contributed by atoms with E-state index in [9.17, 15) is 4.79 Å². The number of para-hydroxylation sites is 1. The Morgan fingerprint density at radius 3 is 2.55 bits per heavy atom. The van der Waals surface area contributed by atoms with Gasteiger partial charge in [-0.3, -0.25) is 4.79 Å². The van der Waals surface area contributed by atoms with Gasteiger partial charge in [-0.05, 0) is 38.2 Å². The number of ether oxygens (including phenoxy) is 1. The molecule has 2 atom stereocenters. The van der Waals surface area contributed by atoms with E-state index in [2.05, 4.69) is 5.32 Å². The number of nitrogens with one attached hydrogen (secondary N) is 1. The maximum Gasteiger partial charge on any atom is 0.238 e. The summed E-state index contributed by atoms with van der Waals surface area (Å²) in [6, 6.07) is 5.49. The molecule has 1 amide bonds. The van der Waals surface area contributed by atoms with Crippen molar-refractivity contribution in [3.8, 4) is 5.75 Å². The molecule has 0 radical (unpaired) electrons. The van der Waals surface area contributed by atoms with Crippen LogP contribution in [0.2, 0.25) is 0 Å². The van der Waals surface area contributed by atoms with Gasteiger partial charge in [0.1, 0.15) is 12.4 Å². The quantitative estimate of drug-likeness (QED) is 0.806.